The molecule has 0 saturated heterocycles. The minimum absolute atomic E-state index is 0.127. The molecule has 3 rings (SSSR count). The summed E-state index contributed by atoms with van der Waals surface area (Å²) in [6.45, 7) is 0.266. The molecule has 0 spiro atoms. The summed E-state index contributed by atoms with van der Waals surface area (Å²) >= 11 is 0. The highest BCUT2D eigenvalue weighted by Crippen LogP contribution is 2.18. The number of hydrazone groups is 1. The van der Waals surface area contributed by atoms with E-state index in [0.717, 1.165) is 5.56 Å². The Morgan fingerprint density at radius 3 is 2.33 bits per heavy atom. The number of rotatable bonds is 8. The molecule has 0 aliphatic carbocycles. The van der Waals surface area contributed by atoms with Gasteiger partial charge >= 0.3 is 5.97 Å². The fourth-order valence-corrected chi connectivity index (χ4v) is 3.36. The highest BCUT2D eigenvalue weighted by Gasteiger charge is 2.11. The van der Waals surface area contributed by atoms with Gasteiger partial charge in [-0.1, -0.05) is 42.5 Å². The molecule has 30 heavy (non-hydrogen) atoms. The molecule has 0 aliphatic rings. The van der Waals surface area contributed by atoms with E-state index in [0.29, 0.717) is 16.9 Å². The third-order valence-electron chi connectivity index (χ3n) is 4.12. The summed E-state index contributed by atoms with van der Waals surface area (Å²) in [7, 11) is -2.41. The Bertz CT molecular complexity index is 1130. The summed E-state index contributed by atoms with van der Waals surface area (Å²) in [5, 5.41) is 3.85. The van der Waals surface area contributed by atoms with Gasteiger partial charge in [0, 0.05) is 5.56 Å². The standard InChI is InChI=1S/C22H20N2O5S/c1-28-22(25)18-13-11-17(12-14-18)16-29-21-10-6-5-7-19(21)15-23-24-30(26,27)20-8-3-2-4-9-20/h2-15,24H,16H2,1H3. The highest BCUT2D eigenvalue weighted by molar-refractivity contribution is 7.89. The lowest BCUT2D eigenvalue weighted by Crippen LogP contribution is -2.18. The first-order valence-corrected chi connectivity index (χ1v) is 10.5. The van der Waals surface area contributed by atoms with Crippen LogP contribution in [0.25, 0.3) is 0 Å². The van der Waals surface area contributed by atoms with Crippen LogP contribution in [0.1, 0.15) is 21.5 Å². The maximum Gasteiger partial charge on any atom is 0.337 e. The number of hydrogen-bond donors (Lipinski definition) is 1. The average Bonchev–Trinajstić information content (AvgIpc) is 2.79. The number of hydrogen-bond acceptors (Lipinski definition) is 6. The molecule has 0 atom stereocenters. The van der Waals surface area contributed by atoms with E-state index in [1.807, 2.05) is 0 Å². The number of ether oxygens (including phenoxy) is 2. The maximum atomic E-state index is 12.2. The molecule has 1 N–H and O–H groups in total. The zero-order valence-corrected chi connectivity index (χ0v) is 17.0. The summed E-state index contributed by atoms with van der Waals surface area (Å²) in [6.07, 6.45) is 1.39. The molecule has 154 valence electrons. The molecule has 3 aromatic carbocycles. The Labute approximate surface area is 175 Å². The number of esters is 1. The lowest BCUT2D eigenvalue weighted by molar-refractivity contribution is 0.0600. The predicted molar refractivity (Wildman–Crippen MR) is 113 cm³/mol. The highest BCUT2D eigenvalue weighted by atomic mass is 32.2. The average molecular weight is 424 g/mol. The molecule has 0 bridgehead atoms. The van der Waals surface area contributed by atoms with E-state index >= 15 is 0 Å². The van der Waals surface area contributed by atoms with Crippen molar-refractivity contribution in [1.29, 1.82) is 0 Å². The van der Waals surface area contributed by atoms with Gasteiger partial charge in [-0.15, -0.1) is 0 Å². The van der Waals surface area contributed by atoms with Crippen molar-refractivity contribution in [2.75, 3.05) is 7.11 Å². The Morgan fingerprint density at radius 1 is 0.967 bits per heavy atom. The van der Waals surface area contributed by atoms with Gasteiger partial charge in [0.2, 0.25) is 0 Å². The molecule has 0 heterocycles. The summed E-state index contributed by atoms with van der Waals surface area (Å²) in [5.74, 6) is 0.138. The topological polar surface area (TPSA) is 94.1 Å². The second-order valence-electron chi connectivity index (χ2n) is 6.18. The van der Waals surface area contributed by atoms with Crippen molar-refractivity contribution in [3.63, 3.8) is 0 Å². The molecule has 3 aromatic rings. The van der Waals surface area contributed by atoms with Crippen LogP contribution in [0, 0.1) is 0 Å². The van der Waals surface area contributed by atoms with Crippen molar-refractivity contribution in [2.24, 2.45) is 5.10 Å². The Kier molecular flexibility index (Phi) is 6.82. The number of methoxy groups -OCH3 is 1. The molecule has 0 aromatic heterocycles. The lowest BCUT2D eigenvalue weighted by Gasteiger charge is -2.09. The summed E-state index contributed by atoms with van der Waals surface area (Å²) in [5.41, 5.74) is 1.93. The third-order valence-corrected chi connectivity index (χ3v) is 5.36. The van der Waals surface area contributed by atoms with Crippen molar-refractivity contribution in [1.82, 2.24) is 4.83 Å². The van der Waals surface area contributed by atoms with Gasteiger partial charge in [-0.05, 0) is 42.0 Å². The molecule has 0 fully saturated rings. The van der Waals surface area contributed by atoms with Crippen LogP contribution in [0.5, 0.6) is 5.75 Å². The molecule has 0 aliphatic heterocycles. The third kappa shape index (κ3) is 5.45. The number of sulfonamides is 1. The normalized spacial score (nSPS) is 11.2. The van der Waals surface area contributed by atoms with Gasteiger partial charge in [0.1, 0.15) is 12.4 Å². The van der Waals surface area contributed by atoms with E-state index in [9.17, 15) is 13.2 Å². The number of nitrogens with zero attached hydrogens (tertiary/aromatic N) is 1. The van der Waals surface area contributed by atoms with E-state index in [1.165, 1.54) is 25.5 Å². The van der Waals surface area contributed by atoms with Crippen LogP contribution in [0.15, 0.2) is 88.9 Å². The van der Waals surface area contributed by atoms with Crippen molar-refractivity contribution >= 4 is 22.2 Å². The molecule has 7 nitrogen and oxygen atoms in total. The Balaban J connectivity index is 1.66. The molecular formula is C22H20N2O5S. The van der Waals surface area contributed by atoms with E-state index in [-0.39, 0.29) is 11.5 Å². The monoisotopic (exact) mass is 424 g/mol. The van der Waals surface area contributed by atoms with E-state index in [2.05, 4.69) is 14.7 Å². The SMILES string of the molecule is COC(=O)c1ccc(COc2ccccc2C=NNS(=O)(=O)c2ccccc2)cc1. The molecular weight excluding hydrogens is 404 g/mol. The van der Waals surface area contributed by atoms with E-state index in [1.54, 1.807) is 66.7 Å². The number of para-hydroxylation sites is 1. The minimum Gasteiger partial charge on any atom is -0.488 e. The zero-order chi connectivity index (χ0) is 21.4. The van der Waals surface area contributed by atoms with Gasteiger partial charge in [0.25, 0.3) is 10.0 Å². The molecule has 0 saturated carbocycles. The maximum absolute atomic E-state index is 12.2. The Morgan fingerprint density at radius 2 is 1.63 bits per heavy atom. The fraction of sp³-hybridized carbons (Fsp3) is 0.0909. The molecule has 0 radical (unpaired) electrons. The second-order valence-corrected chi connectivity index (χ2v) is 7.84. The summed E-state index contributed by atoms with van der Waals surface area (Å²) in [4.78, 5) is 13.8. The smallest absolute Gasteiger partial charge is 0.337 e. The minimum atomic E-state index is -3.74. The Hall–Kier alpha value is -3.65. The first-order chi connectivity index (χ1) is 14.5. The van der Waals surface area contributed by atoms with E-state index in [4.69, 9.17) is 4.74 Å². The van der Waals surface area contributed by atoms with Crippen molar-refractivity contribution in [2.45, 2.75) is 11.5 Å². The van der Waals surface area contributed by atoms with Crippen LogP contribution in [0.2, 0.25) is 0 Å². The molecule has 8 heteroatoms. The quantitative estimate of drug-likeness (QED) is 0.340. The van der Waals surface area contributed by atoms with Crippen LogP contribution in [-0.4, -0.2) is 27.7 Å². The van der Waals surface area contributed by atoms with Gasteiger partial charge in [-0.3, -0.25) is 0 Å². The van der Waals surface area contributed by atoms with Crippen LogP contribution in [0.3, 0.4) is 0 Å². The number of nitrogens with one attached hydrogen (secondary N) is 1. The predicted octanol–water partition coefficient (Wildman–Crippen LogP) is 3.36. The number of carbonyl (C=O) groups is 1. The van der Waals surface area contributed by atoms with Gasteiger partial charge in [0.05, 0.1) is 23.8 Å². The van der Waals surface area contributed by atoms with Gasteiger partial charge in [-0.2, -0.15) is 13.5 Å². The van der Waals surface area contributed by atoms with Crippen molar-refractivity contribution in [3.8, 4) is 5.75 Å². The van der Waals surface area contributed by atoms with Gasteiger partial charge in [0.15, 0.2) is 0 Å². The van der Waals surface area contributed by atoms with Crippen LogP contribution in [-0.2, 0) is 21.4 Å². The van der Waals surface area contributed by atoms with Crippen molar-refractivity contribution in [3.05, 3.63) is 95.6 Å². The summed E-state index contributed by atoms with van der Waals surface area (Å²) in [6, 6.07) is 22.0. The largest absolute Gasteiger partial charge is 0.488 e. The molecule has 0 amide bonds. The zero-order valence-electron chi connectivity index (χ0n) is 16.2. The van der Waals surface area contributed by atoms with Crippen LogP contribution in [0.4, 0.5) is 0 Å². The fourth-order valence-electron chi connectivity index (χ4n) is 2.55. The van der Waals surface area contributed by atoms with Crippen LogP contribution < -0.4 is 9.57 Å². The molecule has 0 unspecified atom stereocenters. The van der Waals surface area contributed by atoms with Crippen LogP contribution >= 0.6 is 0 Å². The second kappa shape index (κ2) is 9.71. The number of carbonyl (C=O) groups excluding carboxylic acids is 1. The summed E-state index contributed by atoms with van der Waals surface area (Å²) < 4.78 is 35.0. The van der Waals surface area contributed by atoms with Gasteiger partial charge in [-0.25, -0.2) is 9.63 Å². The first kappa shape index (κ1) is 21.1. The van der Waals surface area contributed by atoms with Crippen molar-refractivity contribution < 1.29 is 22.7 Å². The lowest BCUT2D eigenvalue weighted by atomic mass is 10.1. The van der Waals surface area contributed by atoms with Gasteiger partial charge < -0.3 is 9.47 Å². The van der Waals surface area contributed by atoms with E-state index < -0.39 is 16.0 Å². The first-order valence-electron chi connectivity index (χ1n) is 8.98. The number of benzene rings is 3.